The second-order valence-corrected chi connectivity index (χ2v) is 13.7. The van der Waals surface area contributed by atoms with Crippen LogP contribution in [0.3, 0.4) is 0 Å². The van der Waals surface area contributed by atoms with Gasteiger partial charge in [0.2, 0.25) is 16.8 Å². The van der Waals surface area contributed by atoms with E-state index in [1.54, 1.807) is 11.7 Å². The highest BCUT2D eigenvalue weighted by atomic mass is 32.2. The first-order valence-electron chi connectivity index (χ1n) is 15.0. The lowest BCUT2D eigenvalue weighted by atomic mass is 9.89. The summed E-state index contributed by atoms with van der Waals surface area (Å²) in [5.41, 5.74) is 1.83. The number of sulfonamides is 1. The number of aromatic nitrogens is 3. The van der Waals surface area contributed by atoms with Crippen LogP contribution in [0.15, 0.2) is 32.2 Å². The van der Waals surface area contributed by atoms with Gasteiger partial charge in [0, 0.05) is 63.0 Å². The van der Waals surface area contributed by atoms with Crippen LogP contribution in [0.5, 0.6) is 0 Å². The lowest BCUT2D eigenvalue weighted by Crippen LogP contribution is -2.45. The van der Waals surface area contributed by atoms with Crippen LogP contribution >= 0.6 is 0 Å². The molecule has 1 N–H and O–H groups in total. The lowest BCUT2D eigenvalue weighted by molar-refractivity contribution is -0.155. The van der Waals surface area contributed by atoms with E-state index in [-0.39, 0.29) is 68.2 Å². The highest BCUT2D eigenvalue weighted by Gasteiger charge is 2.37. The zero-order valence-corrected chi connectivity index (χ0v) is 26.2. The molecule has 45 heavy (non-hydrogen) atoms. The fourth-order valence-corrected chi connectivity index (χ4v) is 7.25. The van der Waals surface area contributed by atoms with Crippen molar-refractivity contribution >= 4 is 21.8 Å². The Balaban J connectivity index is 1.39. The van der Waals surface area contributed by atoms with Crippen molar-refractivity contribution < 1.29 is 40.1 Å². The fraction of sp³-hybridized carbons (Fsp3) is 0.586. The van der Waals surface area contributed by atoms with E-state index in [4.69, 9.17) is 4.42 Å². The van der Waals surface area contributed by atoms with Crippen molar-refractivity contribution in [3.63, 3.8) is 0 Å². The van der Waals surface area contributed by atoms with Gasteiger partial charge in [-0.05, 0) is 56.6 Å². The summed E-state index contributed by atoms with van der Waals surface area (Å²) in [7, 11) is -2.47. The molecule has 1 unspecified atom stereocenters. The zero-order valence-electron chi connectivity index (χ0n) is 25.4. The molecule has 5 rings (SSSR count). The van der Waals surface area contributed by atoms with Gasteiger partial charge in [0.25, 0.3) is 15.9 Å². The molecular formula is C29H37F3N6O6S. The predicted octanol–water partition coefficient (Wildman–Crippen LogP) is 4.02. The Kier molecular flexibility index (Phi) is 9.44. The van der Waals surface area contributed by atoms with Crippen LogP contribution in [-0.2, 0) is 40.9 Å². The summed E-state index contributed by atoms with van der Waals surface area (Å²) in [5, 5.41) is 10.2. The Morgan fingerprint density at radius 3 is 2.60 bits per heavy atom. The summed E-state index contributed by atoms with van der Waals surface area (Å²) >= 11 is 0. The third-order valence-electron chi connectivity index (χ3n) is 8.24. The third-order valence-corrected chi connectivity index (χ3v) is 10.0. The number of hydrogen-bond donors (Lipinski definition) is 1. The Morgan fingerprint density at radius 2 is 1.89 bits per heavy atom. The van der Waals surface area contributed by atoms with E-state index in [2.05, 4.69) is 33.9 Å². The summed E-state index contributed by atoms with van der Waals surface area (Å²) in [6, 6.07) is 2.86. The summed E-state index contributed by atoms with van der Waals surface area (Å²) in [6.45, 7) is 4.88. The van der Waals surface area contributed by atoms with Gasteiger partial charge >= 0.3 is 6.18 Å². The molecule has 4 heterocycles. The number of hydrogen-bond acceptors (Lipinski definition) is 8. The molecule has 3 aromatic heterocycles. The molecule has 0 saturated carbocycles. The Morgan fingerprint density at radius 1 is 1.13 bits per heavy atom. The van der Waals surface area contributed by atoms with Gasteiger partial charge < -0.3 is 19.2 Å². The number of nitrogens with zero attached hydrogens (tertiary/aromatic N) is 5. The number of alkyl halides is 3. The summed E-state index contributed by atoms with van der Waals surface area (Å²) in [6.07, 6.45) is -1.42. The quantitative estimate of drug-likeness (QED) is 0.420. The summed E-state index contributed by atoms with van der Waals surface area (Å²) in [4.78, 5) is 28.7. The summed E-state index contributed by atoms with van der Waals surface area (Å²) < 4.78 is 78.9. The smallest absolute Gasteiger partial charge is 0.441 e. The van der Waals surface area contributed by atoms with Crippen LogP contribution in [-0.4, -0.2) is 76.6 Å². The molecular weight excluding hydrogens is 617 g/mol. The normalized spacial score (nSPS) is 19.4. The number of amides is 2. The molecule has 3 aromatic rings. The van der Waals surface area contributed by atoms with Crippen molar-refractivity contribution in [3.05, 3.63) is 40.9 Å². The highest BCUT2D eigenvalue weighted by molar-refractivity contribution is 7.89. The monoisotopic (exact) mass is 654 g/mol. The molecule has 0 saturated heterocycles. The molecule has 0 radical (unpaired) electrons. The van der Waals surface area contributed by atoms with Gasteiger partial charge in [0.15, 0.2) is 11.5 Å². The van der Waals surface area contributed by atoms with Crippen molar-refractivity contribution in [1.29, 1.82) is 0 Å². The van der Waals surface area contributed by atoms with E-state index >= 15 is 0 Å². The standard InChI is InChI=1S/C29H37F3N6O6S/c1-18(2)11-15-38-19-7-8-22-20(16-19)27(34-36(22)3)28(40)33-12-5-14-37(13-4-6-25(38)39)45(41,42)26-10-9-23(43-26)21-17-24(44-35-21)29(30,31)32/h9-10,17-19H,4-8,11-16H2,1-3H3,(H,33,40). The van der Waals surface area contributed by atoms with Crippen molar-refractivity contribution in [2.24, 2.45) is 13.0 Å². The molecule has 1 aliphatic carbocycles. The number of fused-ring (bicyclic) bond motifs is 1. The third kappa shape index (κ3) is 7.11. The van der Waals surface area contributed by atoms with Gasteiger partial charge in [-0.25, -0.2) is 8.42 Å². The maximum Gasteiger partial charge on any atom is 0.452 e. The Hall–Kier alpha value is -3.66. The maximum atomic E-state index is 13.7. The molecule has 2 bridgehead atoms. The number of nitrogens with one attached hydrogen (secondary N) is 1. The van der Waals surface area contributed by atoms with Crippen LogP contribution in [0.25, 0.3) is 11.5 Å². The molecule has 2 amide bonds. The minimum atomic E-state index is -4.77. The zero-order chi connectivity index (χ0) is 32.5. The van der Waals surface area contributed by atoms with Gasteiger partial charge in [-0.1, -0.05) is 19.0 Å². The summed E-state index contributed by atoms with van der Waals surface area (Å²) in [5.74, 6) is -1.64. The van der Waals surface area contributed by atoms with Crippen LogP contribution in [0, 0.1) is 5.92 Å². The van der Waals surface area contributed by atoms with E-state index in [0.717, 1.165) is 34.5 Å². The minimum absolute atomic E-state index is 0.00424. The first-order chi connectivity index (χ1) is 21.3. The Bertz CT molecular complexity index is 1640. The molecule has 16 heteroatoms. The predicted molar refractivity (Wildman–Crippen MR) is 154 cm³/mol. The molecule has 2 aliphatic rings. The minimum Gasteiger partial charge on any atom is -0.441 e. The molecule has 0 spiro atoms. The maximum absolute atomic E-state index is 13.7. The topological polar surface area (TPSA) is 144 Å². The van der Waals surface area contributed by atoms with Crippen LogP contribution in [0.1, 0.15) is 73.5 Å². The molecule has 246 valence electrons. The van der Waals surface area contributed by atoms with Crippen LogP contribution in [0.2, 0.25) is 0 Å². The average molecular weight is 655 g/mol. The molecule has 0 aromatic carbocycles. The SMILES string of the molecule is CC(C)CCN1C(=O)CCCN(S(=O)(=O)c2ccc(-c3cc(C(F)(F)F)on3)o2)CCCNC(=O)c2nn(C)c3c2CC1CC3. The lowest BCUT2D eigenvalue weighted by Gasteiger charge is -2.35. The molecule has 0 fully saturated rings. The number of halogens is 3. The van der Waals surface area contributed by atoms with Crippen molar-refractivity contribution in [1.82, 2.24) is 29.5 Å². The van der Waals surface area contributed by atoms with Gasteiger partial charge in [-0.15, -0.1) is 0 Å². The number of carbonyl (C=O) groups is 2. The van der Waals surface area contributed by atoms with Gasteiger partial charge in [0.05, 0.1) is 0 Å². The van der Waals surface area contributed by atoms with Crippen LogP contribution < -0.4 is 5.32 Å². The van der Waals surface area contributed by atoms with Crippen molar-refractivity contribution in [3.8, 4) is 11.5 Å². The average Bonchev–Trinajstić information content (AvgIpc) is 3.73. The first kappa shape index (κ1) is 32.7. The van der Waals surface area contributed by atoms with E-state index in [1.807, 2.05) is 4.90 Å². The van der Waals surface area contributed by atoms with Gasteiger partial charge in [-0.2, -0.15) is 22.6 Å². The van der Waals surface area contributed by atoms with Gasteiger partial charge in [0.1, 0.15) is 5.69 Å². The van der Waals surface area contributed by atoms with Crippen molar-refractivity contribution in [2.75, 3.05) is 26.2 Å². The van der Waals surface area contributed by atoms with E-state index in [1.165, 1.54) is 6.07 Å². The highest BCUT2D eigenvalue weighted by Crippen LogP contribution is 2.34. The number of carbonyl (C=O) groups excluding carboxylic acids is 2. The number of rotatable bonds is 6. The molecule has 1 aliphatic heterocycles. The first-order valence-corrected chi connectivity index (χ1v) is 16.5. The second kappa shape index (κ2) is 13.0. The molecule has 1 atom stereocenters. The number of aryl methyl sites for hydroxylation is 1. The number of furan rings is 1. The van der Waals surface area contributed by atoms with Gasteiger partial charge in [-0.3, -0.25) is 14.3 Å². The van der Waals surface area contributed by atoms with Crippen LogP contribution in [0.4, 0.5) is 13.2 Å². The molecule has 12 nitrogen and oxygen atoms in total. The van der Waals surface area contributed by atoms with E-state index < -0.39 is 27.1 Å². The fourth-order valence-electron chi connectivity index (χ4n) is 5.82. The van der Waals surface area contributed by atoms with E-state index in [0.29, 0.717) is 37.1 Å². The Labute approximate surface area is 258 Å². The van der Waals surface area contributed by atoms with E-state index in [9.17, 15) is 31.2 Å². The largest absolute Gasteiger partial charge is 0.452 e. The van der Waals surface area contributed by atoms with Crippen molar-refractivity contribution in [2.45, 2.75) is 76.1 Å². The second-order valence-electron chi connectivity index (χ2n) is 11.9.